The van der Waals surface area contributed by atoms with Crippen LogP contribution in [0.3, 0.4) is 0 Å². The van der Waals surface area contributed by atoms with E-state index in [4.69, 9.17) is 10.7 Å². The second kappa shape index (κ2) is 5.01. The maximum absolute atomic E-state index is 11.2. The summed E-state index contributed by atoms with van der Waals surface area (Å²) in [6.45, 7) is 3.93. The molecule has 3 nitrogen and oxygen atoms in total. The van der Waals surface area contributed by atoms with Crippen molar-refractivity contribution in [2.45, 2.75) is 24.8 Å². The molecule has 2 unspecified atom stereocenters. The fourth-order valence-corrected chi connectivity index (χ4v) is 2.48. The van der Waals surface area contributed by atoms with Gasteiger partial charge in [0.1, 0.15) is 0 Å². The molecule has 0 aromatic heterocycles. The van der Waals surface area contributed by atoms with Crippen molar-refractivity contribution in [1.29, 1.82) is 0 Å². The minimum Gasteiger partial charge on any atom is -0.283 e. The van der Waals surface area contributed by atoms with Gasteiger partial charge in [-0.25, -0.2) is 8.42 Å². The molecule has 1 aromatic carbocycles. The Labute approximate surface area is 103 Å². The van der Waals surface area contributed by atoms with Crippen LogP contribution in [0.4, 0.5) is 0 Å². The summed E-state index contributed by atoms with van der Waals surface area (Å²) in [4.78, 5) is 0.147. The molecular weight excluding hydrogens is 265 g/mol. The van der Waals surface area contributed by atoms with Crippen LogP contribution >= 0.6 is 20.1 Å². The molecule has 0 fully saturated rings. The molecule has 0 amide bonds. The third-order valence-corrected chi connectivity index (χ3v) is 4.38. The minimum atomic E-state index is -3.63. The van der Waals surface area contributed by atoms with Gasteiger partial charge in [0, 0.05) is 16.7 Å². The van der Waals surface area contributed by atoms with Crippen LogP contribution in [-0.2, 0) is 9.05 Å². The zero-order chi connectivity index (χ0) is 12.5. The molecule has 0 saturated heterocycles. The topological polar surface area (TPSA) is 37.4 Å². The van der Waals surface area contributed by atoms with E-state index in [0.29, 0.717) is 0 Å². The highest BCUT2D eigenvalue weighted by Crippen LogP contribution is 2.27. The minimum absolute atomic E-state index is 0.147. The first-order chi connectivity index (χ1) is 7.23. The first kappa shape index (κ1) is 13.9. The average Bonchev–Trinajstić information content (AvgIpc) is 2.15. The Bertz CT molecular complexity index is 488. The van der Waals surface area contributed by atoms with E-state index in [1.807, 2.05) is 25.6 Å². The number of benzene rings is 1. The van der Waals surface area contributed by atoms with Crippen molar-refractivity contribution in [2.24, 2.45) is 0 Å². The monoisotopic (exact) mass is 279 g/mol. The Kier molecular flexibility index (Phi) is 4.35. The van der Waals surface area contributed by atoms with Gasteiger partial charge in [-0.15, -0.1) is 0 Å². The Morgan fingerprint density at radius 1 is 1.44 bits per heavy atom. The van der Waals surface area contributed by atoms with E-state index in [-0.39, 0.29) is 10.9 Å². The summed E-state index contributed by atoms with van der Waals surface area (Å²) in [6, 6.07) is 5.14. The SMILES string of the molecule is Cc1cc(S(=O)(=O)Cl)ccc1C(C)N(C)P. The summed E-state index contributed by atoms with van der Waals surface area (Å²) in [5, 5.41) is 0. The number of hydrogen-bond donors (Lipinski definition) is 0. The molecule has 0 aliphatic carbocycles. The van der Waals surface area contributed by atoms with Gasteiger partial charge >= 0.3 is 0 Å². The normalized spacial score (nSPS) is 14.1. The summed E-state index contributed by atoms with van der Waals surface area (Å²) in [7, 11) is 6.19. The summed E-state index contributed by atoms with van der Waals surface area (Å²) in [6.07, 6.45) is 0. The summed E-state index contributed by atoms with van der Waals surface area (Å²) < 4.78 is 24.3. The zero-order valence-electron chi connectivity index (χ0n) is 9.44. The number of aryl methyl sites for hydroxylation is 1. The lowest BCUT2D eigenvalue weighted by molar-refractivity contribution is 0.450. The predicted octanol–water partition coefficient (Wildman–Crippen LogP) is 2.71. The molecule has 2 atom stereocenters. The van der Waals surface area contributed by atoms with E-state index in [9.17, 15) is 8.42 Å². The lowest BCUT2D eigenvalue weighted by Crippen LogP contribution is -2.12. The quantitative estimate of drug-likeness (QED) is 0.631. The summed E-state index contributed by atoms with van der Waals surface area (Å²) >= 11 is 0. The molecular formula is C10H15ClNO2PS. The standard InChI is InChI=1S/C10H15ClNO2PS/c1-7-6-9(16(11,13)14)4-5-10(7)8(2)12(3)15/h4-6,8H,15H2,1-3H3. The number of hydrogen-bond acceptors (Lipinski definition) is 3. The van der Waals surface area contributed by atoms with Crippen molar-refractivity contribution in [3.05, 3.63) is 29.3 Å². The van der Waals surface area contributed by atoms with Crippen LogP contribution < -0.4 is 0 Å². The van der Waals surface area contributed by atoms with Gasteiger partial charge in [-0.2, -0.15) is 0 Å². The van der Waals surface area contributed by atoms with E-state index >= 15 is 0 Å². The van der Waals surface area contributed by atoms with Gasteiger partial charge in [-0.1, -0.05) is 15.5 Å². The third kappa shape index (κ3) is 3.17. The second-order valence-electron chi connectivity index (χ2n) is 3.80. The van der Waals surface area contributed by atoms with Gasteiger partial charge in [-0.3, -0.25) is 4.67 Å². The highest BCUT2D eigenvalue weighted by Gasteiger charge is 2.15. The highest BCUT2D eigenvalue weighted by atomic mass is 35.7. The lowest BCUT2D eigenvalue weighted by atomic mass is 10.0. The largest absolute Gasteiger partial charge is 0.283 e. The van der Waals surface area contributed by atoms with E-state index in [1.165, 1.54) is 6.07 Å². The molecule has 1 aromatic rings. The Morgan fingerprint density at radius 3 is 2.38 bits per heavy atom. The molecule has 90 valence electrons. The molecule has 1 rings (SSSR count). The molecule has 0 bridgehead atoms. The van der Waals surface area contributed by atoms with Crippen LogP contribution in [0.2, 0.25) is 0 Å². The smallest absolute Gasteiger partial charge is 0.261 e. The van der Waals surface area contributed by atoms with E-state index < -0.39 is 9.05 Å². The summed E-state index contributed by atoms with van der Waals surface area (Å²) in [5.74, 6) is 0. The van der Waals surface area contributed by atoms with E-state index in [0.717, 1.165) is 11.1 Å². The Hall–Kier alpha value is -0.150. The van der Waals surface area contributed by atoms with Gasteiger partial charge in [-0.05, 0) is 44.2 Å². The predicted molar refractivity (Wildman–Crippen MR) is 70.1 cm³/mol. The zero-order valence-corrected chi connectivity index (χ0v) is 12.2. The maximum Gasteiger partial charge on any atom is 0.261 e. The molecule has 16 heavy (non-hydrogen) atoms. The molecule has 0 aliphatic rings. The molecule has 0 heterocycles. The van der Waals surface area contributed by atoms with Crippen molar-refractivity contribution < 1.29 is 8.42 Å². The van der Waals surface area contributed by atoms with Crippen molar-refractivity contribution in [2.75, 3.05) is 7.05 Å². The van der Waals surface area contributed by atoms with Gasteiger partial charge in [0.2, 0.25) is 0 Å². The van der Waals surface area contributed by atoms with E-state index in [1.54, 1.807) is 12.1 Å². The van der Waals surface area contributed by atoms with Gasteiger partial charge in [0.15, 0.2) is 0 Å². The van der Waals surface area contributed by atoms with E-state index in [2.05, 4.69) is 9.39 Å². The Balaban J connectivity index is 3.20. The first-order valence-electron chi connectivity index (χ1n) is 4.76. The molecule has 0 saturated carbocycles. The molecule has 0 aliphatic heterocycles. The van der Waals surface area contributed by atoms with Crippen LogP contribution in [0, 0.1) is 6.92 Å². The van der Waals surface area contributed by atoms with Crippen LogP contribution in [0.25, 0.3) is 0 Å². The van der Waals surface area contributed by atoms with Crippen molar-refractivity contribution in [3.63, 3.8) is 0 Å². The van der Waals surface area contributed by atoms with Crippen LogP contribution in [0.1, 0.15) is 24.1 Å². The van der Waals surface area contributed by atoms with Crippen molar-refractivity contribution >= 4 is 29.1 Å². The average molecular weight is 280 g/mol. The molecule has 0 radical (unpaired) electrons. The van der Waals surface area contributed by atoms with Gasteiger partial charge < -0.3 is 0 Å². The second-order valence-corrected chi connectivity index (χ2v) is 7.18. The third-order valence-electron chi connectivity index (χ3n) is 2.58. The van der Waals surface area contributed by atoms with Crippen molar-refractivity contribution in [3.8, 4) is 0 Å². The van der Waals surface area contributed by atoms with Crippen LogP contribution in [0.15, 0.2) is 23.1 Å². The number of halogens is 1. The number of nitrogens with zero attached hydrogens (tertiary/aromatic N) is 1. The summed E-state index contributed by atoms with van der Waals surface area (Å²) in [5.41, 5.74) is 2.00. The fourth-order valence-electron chi connectivity index (χ4n) is 1.49. The molecule has 6 heteroatoms. The maximum atomic E-state index is 11.2. The van der Waals surface area contributed by atoms with Gasteiger partial charge in [0.25, 0.3) is 9.05 Å². The molecule has 0 N–H and O–H groups in total. The lowest BCUT2D eigenvalue weighted by Gasteiger charge is -2.21. The van der Waals surface area contributed by atoms with Crippen molar-refractivity contribution in [1.82, 2.24) is 4.67 Å². The number of rotatable bonds is 3. The van der Waals surface area contributed by atoms with Crippen LogP contribution in [-0.4, -0.2) is 20.1 Å². The highest BCUT2D eigenvalue weighted by molar-refractivity contribution is 8.13. The van der Waals surface area contributed by atoms with Crippen LogP contribution in [0.5, 0.6) is 0 Å². The Morgan fingerprint density at radius 2 is 2.00 bits per heavy atom. The van der Waals surface area contributed by atoms with Gasteiger partial charge in [0.05, 0.1) is 4.90 Å². The first-order valence-corrected chi connectivity index (χ1v) is 7.59. The fraction of sp³-hybridized carbons (Fsp3) is 0.400. The molecule has 0 spiro atoms.